The van der Waals surface area contributed by atoms with Crippen molar-refractivity contribution in [2.24, 2.45) is 5.92 Å². The second-order valence-electron chi connectivity index (χ2n) is 6.47. The first-order valence-electron chi connectivity index (χ1n) is 8.74. The first-order valence-corrected chi connectivity index (χ1v) is 8.74. The third kappa shape index (κ3) is 4.16. The van der Waals surface area contributed by atoms with Crippen LogP contribution in [0.2, 0.25) is 0 Å². The highest BCUT2D eigenvalue weighted by Gasteiger charge is 2.38. The molecule has 2 aromatic carbocycles. The zero-order valence-corrected chi connectivity index (χ0v) is 15.3. The fraction of sp³-hybridized carbons (Fsp3) is 0.286. The molecule has 0 radical (unpaired) electrons. The van der Waals surface area contributed by atoms with Gasteiger partial charge in [0.1, 0.15) is 5.75 Å². The number of methoxy groups -OCH3 is 1. The zero-order valence-electron chi connectivity index (χ0n) is 15.3. The smallest absolute Gasteiger partial charge is 0.337 e. The highest BCUT2D eigenvalue weighted by Crippen LogP contribution is 2.29. The Morgan fingerprint density at radius 2 is 1.74 bits per heavy atom. The van der Waals surface area contributed by atoms with Gasteiger partial charge in [-0.05, 0) is 36.8 Å². The molecule has 6 nitrogen and oxygen atoms in total. The van der Waals surface area contributed by atoms with E-state index in [0.29, 0.717) is 17.9 Å². The van der Waals surface area contributed by atoms with Crippen molar-refractivity contribution in [3.8, 4) is 5.75 Å². The SMILES string of the molecule is COC(=O)c1ccc(OC(=O)[C@H]2CC(=O)N([C@H](C)c3ccccc3)C2)cc1. The minimum Gasteiger partial charge on any atom is -0.465 e. The molecule has 6 heteroatoms. The molecule has 1 amide bonds. The number of likely N-dealkylation sites (tertiary alicyclic amines) is 1. The average molecular weight is 367 g/mol. The van der Waals surface area contributed by atoms with Gasteiger partial charge in [-0.15, -0.1) is 0 Å². The largest absolute Gasteiger partial charge is 0.465 e. The summed E-state index contributed by atoms with van der Waals surface area (Å²) in [4.78, 5) is 38.0. The van der Waals surface area contributed by atoms with E-state index in [4.69, 9.17) is 4.74 Å². The molecule has 2 atom stereocenters. The van der Waals surface area contributed by atoms with Gasteiger partial charge in [0.15, 0.2) is 0 Å². The lowest BCUT2D eigenvalue weighted by Gasteiger charge is -2.25. The Morgan fingerprint density at radius 1 is 1.07 bits per heavy atom. The summed E-state index contributed by atoms with van der Waals surface area (Å²) in [5.74, 6) is -1.15. The molecule has 0 saturated carbocycles. The van der Waals surface area contributed by atoms with Crippen molar-refractivity contribution in [1.29, 1.82) is 0 Å². The summed E-state index contributed by atoms with van der Waals surface area (Å²) < 4.78 is 10.0. The normalized spacial score (nSPS) is 17.5. The predicted octanol–water partition coefficient (Wildman–Crippen LogP) is 2.99. The van der Waals surface area contributed by atoms with Crippen molar-refractivity contribution in [2.75, 3.05) is 13.7 Å². The molecule has 0 N–H and O–H groups in total. The van der Waals surface area contributed by atoms with E-state index in [-0.39, 0.29) is 18.4 Å². The van der Waals surface area contributed by atoms with Crippen molar-refractivity contribution in [1.82, 2.24) is 4.90 Å². The van der Waals surface area contributed by atoms with Crippen LogP contribution in [0.3, 0.4) is 0 Å². The maximum Gasteiger partial charge on any atom is 0.337 e. The second kappa shape index (κ2) is 8.03. The van der Waals surface area contributed by atoms with Crippen LogP contribution in [-0.4, -0.2) is 36.4 Å². The first kappa shape index (κ1) is 18.6. The fourth-order valence-corrected chi connectivity index (χ4v) is 3.15. The molecular weight excluding hydrogens is 346 g/mol. The van der Waals surface area contributed by atoms with Crippen LogP contribution in [0.1, 0.15) is 35.3 Å². The number of hydrogen-bond acceptors (Lipinski definition) is 5. The Labute approximate surface area is 157 Å². The van der Waals surface area contributed by atoms with Gasteiger partial charge in [-0.3, -0.25) is 9.59 Å². The Kier molecular flexibility index (Phi) is 5.54. The number of carbonyl (C=O) groups excluding carboxylic acids is 3. The number of carbonyl (C=O) groups is 3. The van der Waals surface area contributed by atoms with Gasteiger partial charge in [0.2, 0.25) is 5.91 Å². The Hall–Kier alpha value is -3.15. The van der Waals surface area contributed by atoms with Gasteiger partial charge in [-0.25, -0.2) is 4.79 Å². The van der Waals surface area contributed by atoms with Crippen molar-refractivity contribution < 1.29 is 23.9 Å². The number of rotatable bonds is 5. The van der Waals surface area contributed by atoms with Crippen LogP contribution >= 0.6 is 0 Å². The molecular formula is C21H21NO5. The van der Waals surface area contributed by atoms with Gasteiger partial charge in [0.05, 0.1) is 24.6 Å². The number of ether oxygens (including phenoxy) is 2. The predicted molar refractivity (Wildman–Crippen MR) is 98.1 cm³/mol. The van der Waals surface area contributed by atoms with Crippen LogP contribution in [0.5, 0.6) is 5.75 Å². The van der Waals surface area contributed by atoms with Crippen LogP contribution in [-0.2, 0) is 14.3 Å². The number of amides is 1. The van der Waals surface area contributed by atoms with Gasteiger partial charge >= 0.3 is 11.9 Å². The second-order valence-corrected chi connectivity index (χ2v) is 6.47. The first-order chi connectivity index (χ1) is 13.0. The van der Waals surface area contributed by atoms with E-state index < -0.39 is 17.9 Å². The Bertz CT molecular complexity index is 831. The van der Waals surface area contributed by atoms with Crippen LogP contribution in [0.15, 0.2) is 54.6 Å². The van der Waals surface area contributed by atoms with Gasteiger partial charge in [-0.1, -0.05) is 30.3 Å². The summed E-state index contributed by atoms with van der Waals surface area (Å²) in [6.45, 7) is 2.28. The van der Waals surface area contributed by atoms with Crippen LogP contribution in [0, 0.1) is 5.92 Å². The molecule has 1 saturated heterocycles. The molecule has 1 heterocycles. The summed E-state index contributed by atoms with van der Waals surface area (Å²) in [6, 6.07) is 15.7. The molecule has 0 aliphatic carbocycles. The number of hydrogen-bond donors (Lipinski definition) is 0. The molecule has 1 aliphatic heterocycles. The standard InChI is InChI=1S/C21H21NO5/c1-14(15-6-4-3-5-7-15)22-13-17(12-19(22)23)21(25)27-18-10-8-16(9-11-18)20(24)26-2/h3-11,14,17H,12-13H2,1-2H3/t14-,17+/m1/s1. The number of benzene rings is 2. The molecule has 3 rings (SSSR count). The van der Waals surface area contributed by atoms with E-state index in [9.17, 15) is 14.4 Å². The third-order valence-electron chi connectivity index (χ3n) is 4.74. The topological polar surface area (TPSA) is 72.9 Å². The summed E-state index contributed by atoms with van der Waals surface area (Å²) in [5.41, 5.74) is 1.40. The van der Waals surface area contributed by atoms with Crippen molar-refractivity contribution in [3.63, 3.8) is 0 Å². The lowest BCUT2D eigenvalue weighted by Crippen LogP contribution is -2.30. The molecule has 0 aromatic heterocycles. The van der Waals surface area contributed by atoms with E-state index >= 15 is 0 Å². The minimum atomic E-state index is -0.510. The highest BCUT2D eigenvalue weighted by molar-refractivity contribution is 5.90. The average Bonchev–Trinajstić information content (AvgIpc) is 3.10. The molecule has 27 heavy (non-hydrogen) atoms. The maximum atomic E-state index is 12.4. The maximum absolute atomic E-state index is 12.4. The third-order valence-corrected chi connectivity index (χ3v) is 4.74. The van der Waals surface area contributed by atoms with E-state index in [0.717, 1.165) is 5.56 Å². The van der Waals surface area contributed by atoms with Crippen molar-refractivity contribution >= 4 is 17.8 Å². The van der Waals surface area contributed by atoms with Crippen LogP contribution < -0.4 is 4.74 Å². The monoisotopic (exact) mass is 367 g/mol. The quantitative estimate of drug-likeness (QED) is 0.600. The molecule has 2 aromatic rings. The Morgan fingerprint density at radius 3 is 2.37 bits per heavy atom. The molecule has 140 valence electrons. The van der Waals surface area contributed by atoms with Gasteiger partial charge in [-0.2, -0.15) is 0 Å². The molecule has 0 unspecified atom stereocenters. The summed E-state index contributed by atoms with van der Waals surface area (Å²) >= 11 is 0. The van der Waals surface area contributed by atoms with Crippen molar-refractivity contribution in [3.05, 3.63) is 65.7 Å². The summed E-state index contributed by atoms with van der Waals surface area (Å²) in [5, 5.41) is 0. The van der Waals surface area contributed by atoms with Crippen molar-refractivity contribution in [2.45, 2.75) is 19.4 Å². The molecule has 0 spiro atoms. The van der Waals surface area contributed by atoms with Crippen LogP contribution in [0.25, 0.3) is 0 Å². The lowest BCUT2D eigenvalue weighted by atomic mass is 10.1. The van der Waals surface area contributed by atoms with Crippen LogP contribution in [0.4, 0.5) is 0 Å². The molecule has 1 fully saturated rings. The number of nitrogens with zero attached hydrogens (tertiary/aromatic N) is 1. The minimum absolute atomic E-state index is 0.0608. The molecule has 0 bridgehead atoms. The zero-order chi connectivity index (χ0) is 19.4. The molecule has 1 aliphatic rings. The fourth-order valence-electron chi connectivity index (χ4n) is 3.15. The van der Waals surface area contributed by atoms with E-state index in [2.05, 4.69) is 4.74 Å². The Balaban J connectivity index is 1.63. The van der Waals surface area contributed by atoms with Gasteiger partial charge in [0, 0.05) is 13.0 Å². The highest BCUT2D eigenvalue weighted by atomic mass is 16.5. The van der Waals surface area contributed by atoms with E-state index in [1.807, 2.05) is 37.3 Å². The summed E-state index contributed by atoms with van der Waals surface area (Å²) in [7, 11) is 1.30. The van der Waals surface area contributed by atoms with E-state index in [1.54, 1.807) is 4.90 Å². The van der Waals surface area contributed by atoms with E-state index in [1.165, 1.54) is 31.4 Å². The van der Waals surface area contributed by atoms with Gasteiger partial charge in [0.25, 0.3) is 0 Å². The lowest BCUT2D eigenvalue weighted by molar-refractivity contribution is -0.139. The van der Waals surface area contributed by atoms with Gasteiger partial charge < -0.3 is 14.4 Å². The summed E-state index contributed by atoms with van der Waals surface area (Å²) in [6.07, 6.45) is 0.135. The number of esters is 2.